The standard InChI is InChI=1S/2Co.Li.Mn.2Ni.2H2O.2O.H/h;;;;;;2*1H2;;;/q;;+1;+2;;;;;;;-1/p-2. The van der Waals surface area contributed by atoms with Crippen molar-refractivity contribution in [2.24, 2.45) is 0 Å². The number of hydrogen-bond acceptors (Lipinski definition) is 2. The molecule has 0 aliphatic rings. The molecule has 0 aromatic carbocycles. The van der Waals surface area contributed by atoms with Gasteiger partial charge in [-0.2, -0.15) is 0 Å². The van der Waals surface area contributed by atoms with E-state index in [-0.39, 0.29) is 86.8 Å². The molecule has 0 spiro atoms. The zero-order chi connectivity index (χ0) is 4.50. The van der Waals surface area contributed by atoms with E-state index in [0.717, 1.165) is 0 Å². The normalized spacial score (nSPS) is 5.80. The summed E-state index contributed by atoms with van der Waals surface area (Å²) in [4.78, 5) is 0. The van der Waals surface area contributed by atoms with Crippen LogP contribution in [-0.4, -0.2) is 8.38 Å². The molecule has 0 aliphatic carbocycles. The van der Waals surface area contributed by atoms with Gasteiger partial charge in [-0.25, -0.2) is 0 Å². The second-order valence-corrected chi connectivity index (χ2v) is 1.71. The van der Waals surface area contributed by atoms with Crippen LogP contribution in [-0.2, 0) is 87.6 Å². The van der Waals surface area contributed by atoms with Crippen molar-refractivity contribution in [3.8, 4) is 0 Å². The Morgan fingerprint density at radius 2 is 1.00 bits per heavy atom. The Morgan fingerprint density at radius 3 is 1.00 bits per heavy atom. The van der Waals surface area contributed by atoms with Gasteiger partial charge in [0.25, 0.3) is 0 Å². The third-order valence-corrected chi connectivity index (χ3v) is 0. The van der Waals surface area contributed by atoms with Crippen LogP contribution in [0.5, 0.6) is 0 Å². The third-order valence-electron chi connectivity index (χ3n) is 0. The fraction of sp³-hybridized carbons (Fsp3) is 0. The molecule has 0 fully saturated rings. The van der Waals surface area contributed by atoms with Crippen molar-refractivity contribution in [1.29, 1.82) is 0 Å². The molecular weight excluding hydrogens is 361 g/mol. The van der Waals surface area contributed by atoms with Crippen molar-refractivity contribution >= 4 is 0 Å². The van der Waals surface area contributed by atoms with Crippen molar-refractivity contribution in [1.82, 2.24) is 0 Å². The van der Waals surface area contributed by atoms with Crippen LogP contribution in [0.3, 0.4) is 0 Å². The molecule has 0 saturated heterocycles. The molecule has 2 N–H and O–H groups in total. The van der Waals surface area contributed by atoms with Crippen molar-refractivity contribution in [3.63, 3.8) is 0 Å². The van der Waals surface area contributed by atoms with Gasteiger partial charge in [-0.15, -0.1) is 0 Å². The first-order valence-electron chi connectivity index (χ1n) is 0.647. The molecule has 0 saturated carbocycles. The Bertz CT molecular complexity index is 109. The first kappa shape index (κ1) is 38.8. The first-order valence-corrected chi connectivity index (χ1v) is 2.67. The molecule has 0 heterocycles. The molecule has 0 rings (SSSR count). The molecule has 73 valence electrons. The Hall–Kier alpha value is 2.64. The maximum atomic E-state index is 8.80. The molecular formula is H3Co2LiMnNi2O4. The zero-order valence-corrected chi connectivity index (χ0v) is 9.63. The van der Waals surface area contributed by atoms with Crippen LogP contribution < -0.4 is 18.9 Å². The fourth-order valence-electron chi connectivity index (χ4n) is 0. The van der Waals surface area contributed by atoms with Crippen LogP contribution >= 0.6 is 0 Å². The summed E-state index contributed by atoms with van der Waals surface area (Å²) in [6.07, 6.45) is 0. The van der Waals surface area contributed by atoms with Crippen LogP contribution in [0.25, 0.3) is 0 Å². The zero-order valence-electron chi connectivity index (χ0n) is 5.39. The van der Waals surface area contributed by atoms with Crippen molar-refractivity contribution in [3.05, 3.63) is 0 Å². The average molecular weight is 364 g/mol. The SMILES string of the molecule is [Co].[Co].[H-].[Li+].[Ni].[Ni].[O]=[Mn](=[O])([OH])[OH]. The summed E-state index contributed by atoms with van der Waals surface area (Å²) in [5.74, 6) is 0. The molecule has 4 nitrogen and oxygen atoms in total. The fourth-order valence-corrected chi connectivity index (χ4v) is 0. The van der Waals surface area contributed by atoms with E-state index in [9.17, 15) is 0 Å². The minimum atomic E-state index is -5.12. The van der Waals surface area contributed by atoms with Gasteiger partial charge in [-0.3, -0.25) is 0 Å². The molecule has 0 aromatic rings. The summed E-state index contributed by atoms with van der Waals surface area (Å²) in [5, 5.41) is 0. The quantitative estimate of drug-likeness (QED) is 0.427. The Kier molecular flexibility index (Phi) is 68.6. The monoisotopic (exact) mass is 363 g/mol. The molecule has 0 aromatic heterocycles. The van der Waals surface area contributed by atoms with Gasteiger partial charge >= 0.3 is 48.3 Å². The first-order chi connectivity index (χ1) is 2.00. The van der Waals surface area contributed by atoms with Crippen LogP contribution in [0, 0.1) is 0 Å². The van der Waals surface area contributed by atoms with Crippen LogP contribution in [0.2, 0.25) is 0 Å². The summed E-state index contributed by atoms with van der Waals surface area (Å²) in [6, 6.07) is 0. The van der Waals surface area contributed by atoms with Crippen molar-refractivity contribution in [2.75, 3.05) is 0 Å². The predicted molar refractivity (Wildman–Crippen MR) is 6.92 cm³/mol. The van der Waals surface area contributed by atoms with Crippen molar-refractivity contribution < 1.29 is 116 Å². The molecule has 2 radical (unpaired) electrons. The summed E-state index contributed by atoms with van der Waals surface area (Å²) in [5.41, 5.74) is 0. The number of hydrogen-bond donors (Lipinski definition) is 2. The van der Waals surface area contributed by atoms with Crippen LogP contribution in [0.4, 0.5) is 0 Å². The van der Waals surface area contributed by atoms with E-state index in [1.807, 2.05) is 0 Å². The number of rotatable bonds is 0. The molecule has 0 bridgehead atoms. The maximum absolute atomic E-state index is 8.80. The van der Waals surface area contributed by atoms with E-state index in [1.54, 1.807) is 0 Å². The van der Waals surface area contributed by atoms with E-state index in [2.05, 4.69) is 0 Å². The van der Waals surface area contributed by atoms with Crippen molar-refractivity contribution in [2.45, 2.75) is 0 Å². The predicted octanol–water partition coefficient (Wildman–Crippen LogP) is -4.25. The average Bonchev–Trinajstić information content (AvgIpc) is 0.722. The molecule has 10 heteroatoms. The van der Waals surface area contributed by atoms with Gasteiger partial charge < -0.3 is 1.43 Å². The Morgan fingerprint density at radius 1 is 1.00 bits per heavy atom. The minimum absolute atomic E-state index is 0. The molecule has 0 amide bonds. The van der Waals surface area contributed by atoms with Crippen LogP contribution in [0.15, 0.2) is 0 Å². The summed E-state index contributed by atoms with van der Waals surface area (Å²) < 4.78 is 31.8. The van der Waals surface area contributed by atoms with E-state index in [4.69, 9.17) is 16.0 Å². The van der Waals surface area contributed by atoms with Gasteiger partial charge in [0.2, 0.25) is 0 Å². The second kappa shape index (κ2) is 17.7. The Balaban J connectivity index is -0.00000000533. The van der Waals surface area contributed by atoms with E-state index < -0.39 is 13.4 Å². The van der Waals surface area contributed by atoms with Gasteiger partial charge in [0.05, 0.1) is 0 Å². The van der Waals surface area contributed by atoms with E-state index >= 15 is 0 Å². The summed E-state index contributed by atoms with van der Waals surface area (Å²) in [7, 11) is 0. The molecule has 0 unspecified atom stereocenters. The van der Waals surface area contributed by atoms with Gasteiger partial charge in [-0.1, -0.05) is 0 Å². The van der Waals surface area contributed by atoms with Gasteiger partial charge in [0.1, 0.15) is 0 Å². The summed E-state index contributed by atoms with van der Waals surface area (Å²) in [6.45, 7) is 0. The van der Waals surface area contributed by atoms with Crippen LogP contribution in [0.1, 0.15) is 1.43 Å². The third kappa shape index (κ3) is 142. The molecule has 10 heavy (non-hydrogen) atoms. The topological polar surface area (TPSA) is 74.6 Å². The van der Waals surface area contributed by atoms with E-state index in [1.165, 1.54) is 0 Å². The second-order valence-electron chi connectivity index (χ2n) is 0.415. The van der Waals surface area contributed by atoms with E-state index in [0.29, 0.717) is 0 Å². The molecule has 0 atom stereocenters. The van der Waals surface area contributed by atoms with Gasteiger partial charge in [-0.05, 0) is 0 Å². The van der Waals surface area contributed by atoms with Gasteiger partial charge in [0.15, 0.2) is 0 Å². The molecule has 0 aliphatic heterocycles. The van der Waals surface area contributed by atoms with Gasteiger partial charge in [0, 0.05) is 66.5 Å². The summed E-state index contributed by atoms with van der Waals surface area (Å²) >= 11 is -5.12. The Labute approximate surface area is 115 Å².